The number of thiazole rings is 1. The van der Waals surface area contributed by atoms with E-state index in [1.54, 1.807) is 6.20 Å². The molecule has 6 nitrogen and oxygen atoms in total. The van der Waals surface area contributed by atoms with Crippen molar-refractivity contribution in [1.82, 2.24) is 9.97 Å². The van der Waals surface area contributed by atoms with Crippen molar-refractivity contribution in [2.75, 3.05) is 23.3 Å². The van der Waals surface area contributed by atoms with E-state index in [1.165, 1.54) is 11.3 Å². The molecule has 1 aliphatic heterocycles. The van der Waals surface area contributed by atoms with Gasteiger partial charge in [-0.1, -0.05) is 11.3 Å². The first-order chi connectivity index (χ1) is 10.7. The van der Waals surface area contributed by atoms with Crippen LogP contribution in [0.5, 0.6) is 0 Å². The molecule has 1 N–H and O–H groups in total. The number of anilines is 2. The zero-order valence-corrected chi connectivity index (χ0v) is 12.8. The molecule has 0 unspecified atom stereocenters. The molecule has 22 heavy (non-hydrogen) atoms. The van der Waals surface area contributed by atoms with Crippen LogP contribution in [0.4, 0.5) is 10.9 Å². The summed E-state index contributed by atoms with van der Waals surface area (Å²) < 4.78 is 0.909. The number of aromatic nitrogens is 2. The Hall–Kier alpha value is -2.20. The highest BCUT2D eigenvalue weighted by Gasteiger charge is 2.30. The van der Waals surface area contributed by atoms with Gasteiger partial charge in [0.2, 0.25) is 5.91 Å². The Labute approximate surface area is 131 Å². The van der Waals surface area contributed by atoms with Crippen LogP contribution in [-0.4, -0.2) is 29.0 Å². The summed E-state index contributed by atoms with van der Waals surface area (Å²) in [5.74, 6) is 0.897. The van der Waals surface area contributed by atoms with E-state index >= 15 is 0 Å². The minimum absolute atomic E-state index is 0.0562. The summed E-state index contributed by atoms with van der Waals surface area (Å²) in [5.41, 5.74) is 0.849. The molecule has 0 spiro atoms. The number of hydrogen-bond donors (Lipinski definition) is 1. The van der Waals surface area contributed by atoms with Crippen LogP contribution in [0, 0.1) is 23.2 Å². The Balaban J connectivity index is 1.63. The second-order valence-corrected chi connectivity index (χ2v) is 6.81. The van der Waals surface area contributed by atoms with Crippen molar-refractivity contribution in [2.24, 2.45) is 11.8 Å². The third kappa shape index (κ3) is 2.40. The number of carbonyl (C=O) groups excluding carboxylic acids is 1. The van der Waals surface area contributed by atoms with E-state index in [1.807, 2.05) is 6.07 Å². The number of fused-ring (bicyclic) bond motifs is 1. The number of nitrogens with one attached hydrogen (secondary N) is 1. The zero-order chi connectivity index (χ0) is 15.1. The van der Waals surface area contributed by atoms with Gasteiger partial charge in [-0.3, -0.25) is 4.79 Å². The molecule has 1 saturated heterocycles. The number of nitriles is 1. The van der Waals surface area contributed by atoms with Gasteiger partial charge in [0, 0.05) is 25.2 Å². The molecular weight excluding hydrogens is 298 g/mol. The van der Waals surface area contributed by atoms with Crippen LogP contribution < -0.4 is 10.2 Å². The quantitative estimate of drug-likeness (QED) is 0.941. The van der Waals surface area contributed by atoms with Gasteiger partial charge in [0.25, 0.3) is 0 Å². The topological polar surface area (TPSA) is 81.9 Å². The van der Waals surface area contributed by atoms with Crippen molar-refractivity contribution in [1.29, 1.82) is 5.26 Å². The summed E-state index contributed by atoms with van der Waals surface area (Å²) in [4.78, 5) is 23.0. The number of nitrogens with zero attached hydrogens (tertiary/aromatic N) is 4. The van der Waals surface area contributed by atoms with E-state index < -0.39 is 0 Å². The van der Waals surface area contributed by atoms with Crippen molar-refractivity contribution in [3.05, 3.63) is 12.3 Å². The van der Waals surface area contributed by atoms with Crippen molar-refractivity contribution < 1.29 is 4.79 Å². The molecule has 0 radical (unpaired) electrons. The molecule has 2 aromatic rings. The number of hydrogen-bond acceptors (Lipinski definition) is 6. The maximum absolute atomic E-state index is 11.9. The maximum atomic E-state index is 11.9. The first-order valence-corrected chi connectivity index (χ1v) is 8.27. The second kappa shape index (κ2) is 5.21. The van der Waals surface area contributed by atoms with E-state index in [0.29, 0.717) is 5.82 Å². The first-order valence-electron chi connectivity index (χ1n) is 7.45. The van der Waals surface area contributed by atoms with Gasteiger partial charge in [0.15, 0.2) is 10.9 Å². The monoisotopic (exact) mass is 313 g/mol. The number of rotatable bonds is 3. The SMILES string of the molecule is N#C[C@H]1CCN(c2nc3ccnc(NC(=O)C4CC4)c3s2)C1. The maximum Gasteiger partial charge on any atom is 0.228 e. The molecule has 3 heterocycles. The molecular formula is C15H15N5OS. The van der Waals surface area contributed by atoms with Gasteiger partial charge in [0.1, 0.15) is 0 Å². The lowest BCUT2D eigenvalue weighted by atomic mass is 10.1. The minimum atomic E-state index is 0.0562. The molecule has 0 aromatic carbocycles. The smallest absolute Gasteiger partial charge is 0.228 e. The lowest BCUT2D eigenvalue weighted by molar-refractivity contribution is -0.117. The molecule has 2 fully saturated rings. The van der Waals surface area contributed by atoms with Gasteiger partial charge in [-0.2, -0.15) is 5.26 Å². The van der Waals surface area contributed by atoms with Gasteiger partial charge >= 0.3 is 0 Å². The predicted octanol–water partition coefficient (Wildman–Crippen LogP) is 2.39. The van der Waals surface area contributed by atoms with Gasteiger partial charge in [0.05, 0.1) is 22.2 Å². The molecule has 7 heteroatoms. The Morgan fingerprint density at radius 3 is 3.05 bits per heavy atom. The Bertz CT molecular complexity index is 776. The average Bonchev–Trinajstić information content (AvgIpc) is 3.11. The lowest BCUT2D eigenvalue weighted by Gasteiger charge is -2.12. The largest absolute Gasteiger partial charge is 0.347 e. The summed E-state index contributed by atoms with van der Waals surface area (Å²) in [6.45, 7) is 1.59. The summed E-state index contributed by atoms with van der Waals surface area (Å²) in [6, 6.07) is 4.18. The van der Waals surface area contributed by atoms with E-state index in [-0.39, 0.29) is 17.7 Å². The van der Waals surface area contributed by atoms with Crippen molar-refractivity contribution in [2.45, 2.75) is 19.3 Å². The predicted molar refractivity (Wildman–Crippen MR) is 84.7 cm³/mol. The summed E-state index contributed by atoms with van der Waals surface area (Å²) in [6.07, 6.45) is 4.50. The van der Waals surface area contributed by atoms with E-state index in [4.69, 9.17) is 5.26 Å². The van der Waals surface area contributed by atoms with Crippen LogP contribution in [-0.2, 0) is 4.79 Å². The van der Waals surface area contributed by atoms with Crippen molar-refractivity contribution in [3.8, 4) is 6.07 Å². The molecule has 1 saturated carbocycles. The van der Waals surface area contributed by atoms with Crippen LogP contribution in [0.2, 0.25) is 0 Å². The fourth-order valence-electron chi connectivity index (χ4n) is 2.67. The van der Waals surface area contributed by atoms with Gasteiger partial charge in [-0.15, -0.1) is 0 Å². The van der Waals surface area contributed by atoms with Gasteiger partial charge < -0.3 is 10.2 Å². The number of amides is 1. The Morgan fingerprint density at radius 2 is 2.32 bits per heavy atom. The number of pyridine rings is 1. The highest BCUT2D eigenvalue weighted by molar-refractivity contribution is 7.22. The Morgan fingerprint density at radius 1 is 1.45 bits per heavy atom. The van der Waals surface area contributed by atoms with Crippen LogP contribution in [0.15, 0.2) is 12.3 Å². The van der Waals surface area contributed by atoms with Crippen molar-refractivity contribution in [3.63, 3.8) is 0 Å². The zero-order valence-electron chi connectivity index (χ0n) is 12.0. The molecule has 2 aromatic heterocycles. The summed E-state index contributed by atoms with van der Waals surface area (Å²) in [5, 5.41) is 12.8. The third-order valence-corrected chi connectivity index (χ3v) is 5.26. The Kier molecular flexibility index (Phi) is 3.19. The summed E-state index contributed by atoms with van der Waals surface area (Å²) >= 11 is 1.54. The second-order valence-electron chi connectivity index (χ2n) is 5.83. The molecule has 112 valence electrons. The van der Waals surface area contributed by atoms with Crippen LogP contribution >= 0.6 is 11.3 Å². The van der Waals surface area contributed by atoms with Gasteiger partial charge in [-0.05, 0) is 25.3 Å². The van der Waals surface area contributed by atoms with E-state index in [0.717, 1.165) is 47.7 Å². The van der Waals surface area contributed by atoms with Crippen LogP contribution in [0.1, 0.15) is 19.3 Å². The molecule has 1 amide bonds. The minimum Gasteiger partial charge on any atom is -0.347 e. The molecule has 4 rings (SSSR count). The molecule has 1 atom stereocenters. The molecule has 0 bridgehead atoms. The van der Waals surface area contributed by atoms with Crippen molar-refractivity contribution >= 4 is 38.4 Å². The average molecular weight is 313 g/mol. The van der Waals surface area contributed by atoms with E-state index in [9.17, 15) is 4.79 Å². The fraction of sp³-hybridized carbons (Fsp3) is 0.467. The third-order valence-electron chi connectivity index (χ3n) is 4.12. The first kappa shape index (κ1) is 13.5. The highest BCUT2D eigenvalue weighted by Crippen LogP contribution is 2.36. The van der Waals surface area contributed by atoms with Crippen LogP contribution in [0.25, 0.3) is 10.2 Å². The molecule has 1 aliphatic carbocycles. The normalized spacial score (nSPS) is 21.0. The summed E-state index contributed by atoms with van der Waals surface area (Å²) in [7, 11) is 0. The fourth-order valence-corrected chi connectivity index (χ4v) is 3.71. The lowest BCUT2D eigenvalue weighted by Crippen LogP contribution is -2.18. The van der Waals surface area contributed by atoms with Crippen LogP contribution in [0.3, 0.4) is 0 Å². The molecule has 2 aliphatic rings. The highest BCUT2D eigenvalue weighted by atomic mass is 32.1. The standard InChI is InChI=1S/C15H15N5OS/c16-7-9-4-6-20(8-9)15-18-11-3-5-17-13(12(11)22-15)19-14(21)10-1-2-10/h3,5,9-10H,1-2,4,6,8H2,(H,17,19,21)/t9-/m1/s1. The number of carbonyl (C=O) groups is 1. The van der Waals surface area contributed by atoms with E-state index in [2.05, 4.69) is 26.3 Å². The van der Waals surface area contributed by atoms with Gasteiger partial charge in [-0.25, -0.2) is 9.97 Å².